The van der Waals surface area contributed by atoms with E-state index in [2.05, 4.69) is 11.1 Å². The SMILES string of the molecule is CCOc1cc(C#N)ccc1-c1ccc(OCc2ccccc2)nc1. The maximum Gasteiger partial charge on any atom is 0.213 e. The lowest BCUT2D eigenvalue weighted by atomic mass is 10.0. The third-order valence-electron chi connectivity index (χ3n) is 3.69. The molecule has 4 heteroatoms. The molecule has 0 radical (unpaired) electrons. The van der Waals surface area contributed by atoms with E-state index in [1.54, 1.807) is 18.3 Å². The van der Waals surface area contributed by atoms with Crippen molar-refractivity contribution in [3.05, 3.63) is 78.0 Å². The van der Waals surface area contributed by atoms with Crippen molar-refractivity contribution in [3.8, 4) is 28.8 Å². The quantitative estimate of drug-likeness (QED) is 0.663. The largest absolute Gasteiger partial charge is 0.493 e. The molecule has 4 nitrogen and oxygen atoms in total. The van der Waals surface area contributed by atoms with Crippen LogP contribution in [0, 0.1) is 11.3 Å². The molecule has 0 spiro atoms. The molecule has 0 bridgehead atoms. The zero-order valence-electron chi connectivity index (χ0n) is 14.0. The Kier molecular flexibility index (Phi) is 5.28. The Balaban J connectivity index is 1.77. The third kappa shape index (κ3) is 4.15. The molecule has 2 aromatic carbocycles. The van der Waals surface area contributed by atoms with Crippen LogP contribution in [0.5, 0.6) is 11.6 Å². The van der Waals surface area contributed by atoms with E-state index in [0.29, 0.717) is 30.4 Å². The van der Waals surface area contributed by atoms with Crippen molar-refractivity contribution < 1.29 is 9.47 Å². The van der Waals surface area contributed by atoms with Crippen molar-refractivity contribution in [2.75, 3.05) is 6.61 Å². The van der Waals surface area contributed by atoms with Gasteiger partial charge < -0.3 is 9.47 Å². The molecule has 0 aliphatic rings. The number of ether oxygens (including phenoxy) is 2. The van der Waals surface area contributed by atoms with E-state index in [9.17, 15) is 0 Å². The maximum absolute atomic E-state index is 9.05. The molecule has 1 aromatic heterocycles. The van der Waals surface area contributed by atoms with E-state index in [0.717, 1.165) is 16.7 Å². The average Bonchev–Trinajstić information content (AvgIpc) is 2.68. The van der Waals surface area contributed by atoms with Crippen LogP contribution >= 0.6 is 0 Å². The Labute approximate surface area is 147 Å². The molecule has 124 valence electrons. The molecule has 0 aliphatic heterocycles. The zero-order chi connectivity index (χ0) is 17.5. The lowest BCUT2D eigenvalue weighted by Crippen LogP contribution is -1.98. The van der Waals surface area contributed by atoms with Crippen LogP contribution in [0.15, 0.2) is 66.9 Å². The summed E-state index contributed by atoms with van der Waals surface area (Å²) in [6, 6.07) is 21.3. The van der Waals surface area contributed by atoms with Gasteiger partial charge >= 0.3 is 0 Å². The van der Waals surface area contributed by atoms with Crippen molar-refractivity contribution >= 4 is 0 Å². The number of nitriles is 1. The van der Waals surface area contributed by atoms with Crippen molar-refractivity contribution in [2.24, 2.45) is 0 Å². The van der Waals surface area contributed by atoms with Gasteiger partial charge in [0, 0.05) is 23.4 Å². The molecular weight excluding hydrogens is 312 g/mol. The molecule has 0 amide bonds. The van der Waals surface area contributed by atoms with E-state index in [1.165, 1.54) is 0 Å². The van der Waals surface area contributed by atoms with Gasteiger partial charge in [-0.2, -0.15) is 5.26 Å². The van der Waals surface area contributed by atoms with Crippen LogP contribution in [-0.2, 0) is 6.61 Å². The first-order chi connectivity index (χ1) is 12.3. The highest BCUT2D eigenvalue weighted by atomic mass is 16.5. The van der Waals surface area contributed by atoms with Gasteiger partial charge in [0.25, 0.3) is 0 Å². The van der Waals surface area contributed by atoms with Gasteiger partial charge in [-0.25, -0.2) is 4.98 Å². The van der Waals surface area contributed by atoms with E-state index in [1.807, 2.05) is 55.5 Å². The van der Waals surface area contributed by atoms with Gasteiger partial charge in [0.1, 0.15) is 12.4 Å². The molecule has 1 heterocycles. The second-order valence-corrected chi connectivity index (χ2v) is 5.42. The van der Waals surface area contributed by atoms with Gasteiger partial charge in [-0.3, -0.25) is 0 Å². The van der Waals surface area contributed by atoms with Crippen molar-refractivity contribution in [2.45, 2.75) is 13.5 Å². The number of benzene rings is 2. The Morgan fingerprint density at radius 2 is 1.84 bits per heavy atom. The summed E-state index contributed by atoms with van der Waals surface area (Å²) >= 11 is 0. The summed E-state index contributed by atoms with van der Waals surface area (Å²) in [5, 5.41) is 9.05. The molecule has 0 aliphatic carbocycles. The monoisotopic (exact) mass is 330 g/mol. The smallest absolute Gasteiger partial charge is 0.213 e. The first-order valence-corrected chi connectivity index (χ1v) is 8.10. The predicted octanol–water partition coefficient (Wildman–Crippen LogP) is 4.60. The average molecular weight is 330 g/mol. The summed E-state index contributed by atoms with van der Waals surface area (Å²) in [5.41, 5.74) is 3.49. The first kappa shape index (κ1) is 16.5. The Hall–Kier alpha value is -3.32. The van der Waals surface area contributed by atoms with Gasteiger partial charge in [0.2, 0.25) is 5.88 Å². The maximum atomic E-state index is 9.05. The van der Waals surface area contributed by atoms with E-state index < -0.39 is 0 Å². The Morgan fingerprint density at radius 3 is 2.52 bits per heavy atom. The van der Waals surface area contributed by atoms with Crippen LogP contribution in [0.1, 0.15) is 18.1 Å². The number of hydrogen-bond acceptors (Lipinski definition) is 4. The fraction of sp³-hybridized carbons (Fsp3) is 0.143. The molecule has 0 saturated heterocycles. The van der Waals surface area contributed by atoms with Crippen LogP contribution in [0.25, 0.3) is 11.1 Å². The highest BCUT2D eigenvalue weighted by Crippen LogP contribution is 2.31. The zero-order valence-corrected chi connectivity index (χ0v) is 14.0. The first-order valence-electron chi connectivity index (χ1n) is 8.10. The standard InChI is InChI=1S/C21H18N2O2/c1-2-24-20-12-17(13-22)8-10-19(20)18-9-11-21(23-14-18)25-15-16-6-4-3-5-7-16/h3-12,14H,2,15H2,1H3. The van der Waals surface area contributed by atoms with Crippen molar-refractivity contribution in [1.29, 1.82) is 5.26 Å². The number of aromatic nitrogens is 1. The van der Waals surface area contributed by atoms with Gasteiger partial charge in [-0.05, 0) is 36.8 Å². The van der Waals surface area contributed by atoms with E-state index in [-0.39, 0.29) is 0 Å². The highest BCUT2D eigenvalue weighted by molar-refractivity contribution is 5.71. The van der Waals surface area contributed by atoms with E-state index in [4.69, 9.17) is 14.7 Å². The number of hydrogen-bond donors (Lipinski definition) is 0. The normalized spacial score (nSPS) is 10.1. The third-order valence-corrected chi connectivity index (χ3v) is 3.69. The minimum Gasteiger partial charge on any atom is -0.493 e. The van der Waals surface area contributed by atoms with Crippen LogP contribution in [0.2, 0.25) is 0 Å². The molecule has 25 heavy (non-hydrogen) atoms. The highest BCUT2D eigenvalue weighted by Gasteiger charge is 2.09. The van der Waals surface area contributed by atoms with Crippen LogP contribution in [0.4, 0.5) is 0 Å². The number of pyridine rings is 1. The topological polar surface area (TPSA) is 55.1 Å². The fourth-order valence-electron chi connectivity index (χ4n) is 2.46. The Morgan fingerprint density at radius 1 is 1.00 bits per heavy atom. The fourth-order valence-corrected chi connectivity index (χ4v) is 2.46. The van der Waals surface area contributed by atoms with Gasteiger partial charge in [-0.15, -0.1) is 0 Å². The van der Waals surface area contributed by atoms with E-state index >= 15 is 0 Å². The lowest BCUT2D eigenvalue weighted by molar-refractivity contribution is 0.294. The molecule has 0 saturated carbocycles. The number of nitrogens with zero attached hydrogens (tertiary/aromatic N) is 2. The lowest BCUT2D eigenvalue weighted by Gasteiger charge is -2.11. The minimum absolute atomic E-state index is 0.480. The van der Waals surface area contributed by atoms with Crippen LogP contribution < -0.4 is 9.47 Å². The summed E-state index contributed by atoms with van der Waals surface area (Å²) < 4.78 is 11.4. The Bertz CT molecular complexity index is 869. The second-order valence-electron chi connectivity index (χ2n) is 5.42. The summed E-state index contributed by atoms with van der Waals surface area (Å²) in [7, 11) is 0. The molecule has 0 N–H and O–H groups in total. The second kappa shape index (κ2) is 7.98. The van der Waals surface area contributed by atoms with Crippen LogP contribution in [-0.4, -0.2) is 11.6 Å². The minimum atomic E-state index is 0.480. The number of rotatable bonds is 6. The molecule has 3 rings (SSSR count). The molecule has 3 aromatic rings. The summed E-state index contributed by atoms with van der Waals surface area (Å²) in [6.45, 7) is 2.93. The van der Waals surface area contributed by atoms with Gasteiger partial charge in [-0.1, -0.05) is 30.3 Å². The van der Waals surface area contributed by atoms with Crippen molar-refractivity contribution in [1.82, 2.24) is 4.98 Å². The molecule has 0 atom stereocenters. The molecular formula is C21H18N2O2. The summed E-state index contributed by atoms with van der Waals surface area (Å²) in [5.74, 6) is 1.25. The predicted molar refractivity (Wildman–Crippen MR) is 96.3 cm³/mol. The van der Waals surface area contributed by atoms with Crippen molar-refractivity contribution in [3.63, 3.8) is 0 Å². The summed E-state index contributed by atoms with van der Waals surface area (Å²) in [6.07, 6.45) is 1.75. The summed E-state index contributed by atoms with van der Waals surface area (Å²) in [4.78, 5) is 4.37. The molecule has 0 unspecified atom stereocenters. The molecule has 0 fully saturated rings. The van der Waals surface area contributed by atoms with Gasteiger partial charge in [0.05, 0.1) is 18.2 Å². The van der Waals surface area contributed by atoms with Gasteiger partial charge in [0.15, 0.2) is 0 Å². The van der Waals surface area contributed by atoms with Crippen LogP contribution in [0.3, 0.4) is 0 Å².